The van der Waals surface area contributed by atoms with Gasteiger partial charge >= 0.3 is 0 Å². The Morgan fingerprint density at radius 3 is 2.07 bits per heavy atom. The lowest BCUT2D eigenvalue weighted by atomic mass is 9.89. The van der Waals surface area contributed by atoms with Crippen LogP contribution in [-0.4, -0.2) is 11.7 Å². The quantitative estimate of drug-likeness (QED) is 0.683. The molecule has 27 heavy (non-hydrogen) atoms. The molecule has 0 spiro atoms. The van der Waals surface area contributed by atoms with E-state index >= 15 is 0 Å². The summed E-state index contributed by atoms with van der Waals surface area (Å²) in [6.07, 6.45) is 3.10. The van der Waals surface area contributed by atoms with Crippen molar-refractivity contribution in [1.29, 1.82) is 0 Å². The summed E-state index contributed by atoms with van der Waals surface area (Å²) >= 11 is 11.5. The fourth-order valence-electron chi connectivity index (χ4n) is 3.14. The van der Waals surface area contributed by atoms with Gasteiger partial charge in [0.1, 0.15) is 5.78 Å². The summed E-state index contributed by atoms with van der Waals surface area (Å²) in [5.41, 5.74) is 2.30. The minimum Gasteiger partial charge on any atom is -0.349 e. The Kier molecular flexibility index (Phi) is 8.33. The monoisotopic (exact) mass is 405 g/mol. The first-order valence-electron chi connectivity index (χ1n) is 9.26. The van der Waals surface area contributed by atoms with Crippen molar-refractivity contribution in [1.82, 2.24) is 5.32 Å². The molecular formula is C22H25Cl2NO2. The molecule has 1 aliphatic heterocycles. The van der Waals surface area contributed by atoms with E-state index in [2.05, 4.69) is 24.4 Å². The molecule has 5 heteroatoms. The zero-order valence-electron chi connectivity index (χ0n) is 15.7. The molecule has 0 bridgehead atoms. The van der Waals surface area contributed by atoms with E-state index in [1.54, 1.807) is 12.1 Å². The van der Waals surface area contributed by atoms with Crippen LogP contribution >= 0.6 is 23.2 Å². The van der Waals surface area contributed by atoms with Crippen LogP contribution in [0, 0.1) is 5.92 Å². The van der Waals surface area contributed by atoms with E-state index in [0.29, 0.717) is 17.9 Å². The van der Waals surface area contributed by atoms with Gasteiger partial charge in [-0.05, 0) is 41.8 Å². The van der Waals surface area contributed by atoms with Gasteiger partial charge in [-0.3, -0.25) is 9.59 Å². The third-order valence-electron chi connectivity index (χ3n) is 4.57. The molecule has 144 valence electrons. The third-order valence-corrected chi connectivity index (χ3v) is 5.07. The topological polar surface area (TPSA) is 46.2 Å². The molecule has 2 atom stereocenters. The first-order chi connectivity index (χ1) is 12.9. The molecule has 1 unspecified atom stereocenters. The van der Waals surface area contributed by atoms with Crippen LogP contribution in [0.5, 0.6) is 0 Å². The summed E-state index contributed by atoms with van der Waals surface area (Å²) in [7, 11) is 0. The standard InChI is InChI=1S/C13H14ClNO2.C9H11Cl/c1-2-11(16)10-7-12(17)15-13(10)8-3-5-9(14)6-4-8;1-2-3-8-4-6-9(10)7-5-8/h3-6,10,13H,2,7H2,1H3,(H,15,17);4-7H,2-3H2,1H3/t10-,13?;/m1./s1. The number of carbonyl (C=O) groups is 2. The van der Waals surface area contributed by atoms with Gasteiger partial charge in [0.25, 0.3) is 0 Å². The predicted octanol–water partition coefficient (Wildman–Crippen LogP) is 5.79. The average molecular weight is 406 g/mol. The summed E-state index contributed by atoms with van der Waals surface area (Å²) in [4.78, 5) is 23.2. The van der Waals surface area contributed by atoms with Gasteiger partial charge in [-0.15, -0.1) is 0 Å². The number of Topliss-reactive ketones (excluding diaryl/α,β-unsaturated/α-hetero) is 1. The van der Waals surface area contributed by atoms with Crippen LogP contribution in [0.2, 0.25) is 10.0 Å². The molecule has 1 fully saturated rings. The average Bonchev–Trinajstić information content (AvgIpc) is 3.06. The molecule has 1 heterocycles. The Morgan fingerprint density at radius 1 is 1.00 bits per heavy atom. The van der Waals surface area contributed by atoms with E-state index in [1.165, 1.54) is 12.0 Å². The maximum absolute atomic E-state index is 11.8. The van der Waals surface area contributed by atoms with Crippen molar-refractivity contribution < 1.29 is 9.59 Å². The zero-order chi connectivity index (χ0) is 19.8. The van der Waals surface area contributed by atoms with Crippen LogP contribution < -0.4 is 5.32 Å². The first kappa shape index (κ1) is 21.5. The summed E-state index contributed by atoms with van der Waals surface area (Å²) in [6, 6.07) is 15.1. The molecule has 0 aliphatic carbocycles. The highest BCUT2D eigenvalue weighted by Crippen LogP contribution is 2.32. The molecule has 0 radical (unpaired) electrons. The second-order valence-electron chi connectivity index (χ2n) is 6.60. The minimum atomic E-state index is -0.242. The van der Waals surface area contributed by atoms with Gasteiger partial charge in [-0.1, -0.05) is 67.7 Å². The second-order valence-corrected chi connectivity index (χ2v) is 7.48. The van der Waals surface area contributed by atoms with Crippen molar-refractivity contribution in [2.75, 3.05) is 0 Å². The largest absolute Gasteiger partial charge is 0.349 e. The number of amides is 1. The Labute approximate surface area is 171 Å². The Morgan fingerprint density at radius 2 is 1.56 bits per heavy atom. The van der Waals surface area contributed by atoms with Crippen molar-refractivity contribution >= 4 is 34.9 Å². The number of benzene rings is 2. The highest BCUT2D eigenvalue weighted by molar-refractivity contribution is 6.30. The van der Waals surface area contributed by atoms with Crippen LogP contribution in [-0.2, 0) is 16.0 Å². The van der Waals surface area contributed by atoms with Crippen molar-refractivity contribution in [3.8, 4) is 0 Å². The van der Waals surface area contributed by atoms with Crippen molar-refractivity contribution in [2.24, 2.45) is 5.92 Å². The summed E-state index contributed by atoms with van der Waals surface area (Å²) in [5.74, 6) is -0.172. The van der Waals surface area contributed by atoms with Crippen LogP contribution in [0.25, 0.3) is 0 Å². The number of halogens is 2. The third kappa shape index (κ3) is 6.37. The van der Waals surface area contributed by atoms with Crippen LogP contribution in [0.4, 0.5) is 0 Å². The van der Waals surface area contributed by atoms with Crippen LogP contribution in [0.3, 0.4) is 0 Å². The summed E-state index contributed by atoms with van der Waals surface area (Å²) < 4.78 is 0. The molecular weight excluding hydrogens is 381 g/mol. The number of nitrogens with one attached hydrogen (secondary N) is 1. The molecule has 3 nitrogen and oxygen atoms in total. The number of rotatable bonds is 5. The van der Waals surface area contributed by atoms with E-state index in [0.717, 1.165) is 17.0 Å². The number of ketones is 1. The first-order valence-corrected chi connectivity index (χ1v) is 10.0. The van der Waals surface area contributed by atoms with E-state index in [1.807, 2.05) is 31.2 Å². The van der Waals surface area contributed by atoms with Crippen LogP contribution in [0.1, 0.15) is 50.3 Å². The highest BCUT2D eigenvalue weighted by atomic mass is 35.5. The molecule has 0 aromatic heterocycles. The lowest BCUT2D eigenvalue weighted by molar-refractivity contribution is -0.124. The number of hydrogen-bond donors (Lipinski definition) is 1. The molecule has 1 N–H and O–H groups in total. The van der Waals surface area contributed by atoms with Gasteiger partial charge < -0.3 is 5.32 Å². The Balaban J connectivity index is 0.000000223. The number of carbonyl (C=O) groups excluding carboxylic acids is 2. The Bertz CT molecular complexity index is 757. The van der Waals surface area contributed by atoms with E-state index in [-0.39, 0.29) is 23.7 Å². The molecule has 1 aliphatic rings. The van der Waals surface area contributed by atoms with Gasteiger partial charge in [0.05, 0.1) is 12.0 Å². The van der Waals surface area contributed by atoms with E-state index in [9.17, 15) is 9.59 Å². The minimum absolute atomic E-state index is 0.0586. The highest BCUT2D eigenvalue weighted by Gasteiger charge is 2.37. The van der Waals surface area contributed by atoms with Crippen molar-refractivity contribution in [3.05, 3.63) is 69.7 Å². The molecule has 1 amide bonds. The lowest BCUT2D eigenvalue weighted by Gasteiger charge is -2.17. The van der Waals surface area contributed by atoms with Crippen molar-refractivity contribution in [3.63, 3.8) is 0 Å². The normalized spacial score (nSPS) is 18.4. The number of hydrogen-bond acceptors (Lipinski definition) is 2. The maximum atomic E-state index is 11.8. The maximum Gasteiger partial charge on any atom is 0.221 e. The Hall–Kier alpha value is -1.84. The van der Waals surface area contributed by atoms with Crippen LogP contribution in [0.15, 0.2) is 48.5 Å². The predicted molar refractivity (Wildman–Crippen MR) is 111 cm³/mol. The SMILES string of the molecule is CCC(=O)[C@H]1CC(=O)NC1c1ccc(Cl)cc1.CCCc1ccc(Cl)cc1. The van der Waals surface area contributed by atoms with Gasteiger partial charge in [0, 0.05) is 22.9 Å². The smallest absolute Gasteiger partial charge is 0.221 e. The summed E-state index contributed by atoms with van der Waals surface area (Å²) in [5, 5.41) is 4.32. The fraction of sp³-hybridized carbons (Fsp3) is 0.364. The van der Waals surface area contributed by atoms with Gasteiger partial charge in [0.2, 0.25) is 5.91 Å². The number of aryl methyl sites for hydroxylation is 1. The summed E-state index contributed by atoms with van der Waals surface area (Å²) in [6.45, 7) is 4.00. The van der Waals surface area contributed by atoms with Crippen molar-refractivity contribution in [2.45, 2.75) is 45.6 Å². The molecule has 3 rings (SSSR count). The van der Waals surface area contributed by atoms with Gasteiger partial charge in [-0.2, -0.15) is 0 Å². The van der Waals surface area contributed by atoms with E-state index < -0.39 is 0 Å². The molecule has 1 saturated heterocycles. The van der Waals surface area contributed by atoms with E-state index in [4.69, 9.17) is 23.2 Å². The second kappa shape index (κ2) is 10.5. The fourth-order valence-corrected chi connectivity index (χ4v) is 3.39. The molecule has 2 aromatic rings. The zero-order valence-corrected chi connectivity index (χ0v) is 17.2. The lowest BCUT2D eigenvalue weighted by Crippen LogP contribution is -2.24. The van der Waals surface area contributed by atoms with Gasteiger partial charge in [-0.25, -0.2) is 0 Å². The van der Waals surface area contributed by atoms with Gasteiger partial charge in [0.15, 0.2) is 0 Å². The molecule has 0 saturated carbocycles. The molecule has 2 aromatic carbocycles.